The molecule has 0 atom stereocenters. The van der Waals surface area contributed by atoms with Crippen molar-refractivity contribution >= 4 is 61.8 Å². The number of piperazine rings is 1. The fourth-order valence-corrected chi connectivity index (χ4v) is 4.25. The average Bonchev–Trinajstić information content (AvgIpc) is 2.74. The summed E-state index contributed by atoms with van der Waals surface area (Å²) in [6.07, 6.45) is 0. The molecule has 1 fully saturated rings. The second kappa shape index (κ2) is 6.44. The van der Waals surface area contributed by atoms with Gasteiger partial charge in [-0.2, -0.15) is 0 Å². The largest absolute Gasteiger partial charge is 0.452 e. The topological polar surface area (TPSA) is 44.2 Å². The number of hydrogen-bond donors (Lipinski definition) is 2. The van der Waals surface area contributed by atoms with Gasteiger partial charge in [-0.3, -0.25) is 0 Å². The van der Waals surface area contributed by atoms with Crippen molar-refractivity contribution in [1.29, 1.82) is 0 Å². The first kappa shape index (κ1) is 16.0. The molecule has 0 unspecified atom stereocenters. The van der Waals surface area contributed by atoms with Crippen LogP contribution in [0.25, 0.3) is 21.4 Å². The molecular formula is C16H14Cl2FN3OS. The van der Waals surface area contributed by atoms with Gasteiger partial charge in [-0.1, -0.05) is 34.7 Å². The Labute approximate surface area is 151 Å². The molecule has 1 aliphatic heterocycles. The van der Waals surface area contributed by atoms with Gasteiger partial charge in [-0.25, -0.2) is 4.39 Å². The summed E-state index contributed by atoms with van der Waals surface area (Å²) in [6, 6.07) is 6.56. The van der Waals surface area contributed by atoms with Gasteiger partial charge in [0.25, 0.3) is 0 Å². The zero-order valence-electron chi connectivity index (χ0n) is 12.5. The van der Waals surface area contributed by atoms with E-state index in [1.165, 1.54) is 17.6 Å². The first-order valence-electron chi connectivity index (χ1n) is 7.51. The summed E-state index contributed by atoms with van der Waals surface area (Å²) in [5.41, 5.74) is 2.16. The lowest BCUT2D eigenvalue weighted by Crippen LogP contribution is -2.43. The van der Waals surface area contributed by atoms with E-state index >= 15 is 0 Å². The van der Waals surface area contributed by atoms with Crippen LogP contribution in [0.1, 0.15) is 0 Å². The molecule has 24 heavy (non-hydrogen) atoms. The SMILES string of the molecule is Fc1cc2oc3c(Cl)cc(Cl)cc3s[nH]c2cc1N1CCNCC1. The lowest BCUT2D eigenvalue weighted by molar-refractivity contribution is 0.565. The number of anilines is 1. The number of benzene rings is 2. The summed E-state index contributed by atoms with van der Waals surface area (Å²) in [6.45, 7) is 3.22. The minimum absolute atomic E-state index is 0.309. The highest BCUT2D eigenvalue weighted by molar-refractivity contribution is 7.13. The van der Waals surface area contributed by atoms with Crippen molar-refractivity contribution < 1.29 is 8.81 Å². The molecule has 4 nitrogen and oxygen atoms in total. The van der Waals surface area contributed by atoms with Crippen LogP contribution in [0.15, 0.2) is 28.7 Å². The molecule has 0 radical (unpaired) electrons. The standard InChI is InChI=1S/C16H14Cl2FN3OS/c17-9-5-10(18)16-15(6-9)24-21-12-8-13(11(19)7-14(12)23-16)22-3-1-20-2-4-22/h5-8,20-21H,1-4H2. The Balaban J connectivity index is 1.94. The quantitative estimate of drug-likeness (QED) is 0.622. The van der Waals surface area contributed by atoms with Gasteiger partial charge in [0.2, 0.25) is 0 Å². The maximum atomic E-state index is 14.6. The number of nitrogens with zero attached hydrogens (tertiary/aromatic N) is 1. The van der Waals surface area contributed by atoms with Crippen molar-refractivity contribution in [2.45, 2.75) is 0 Å². The summed E-state index contributed by atoms with van der Waals surface area (Å²) in [4.78, 5) is 2.03. The molecule has 1 aliphatic rings. The highest BCUT2D eigenvalue weighted by Crippen LogP contribution is 2.32. The predicted molar refractivity (Wildman–Crippen MR) is 98.6 cm³/mol. The Morgan fingerprint density at radius 2 is 1.92 bits per heavy atom. The van der Waals surface area contributed by atoms with Gasteiger partial charge in [0.15, 0.2) is 11.2 Å². The van der Waals surface area contributed by atoms with E-state index in [4.69, 9.17) is 27.6 Å². The van der Waals surface area contributed by atoms with Crippen molar-refractivity contribution in [3.63, 3.8) is 0 Å². The predicted octanol–water partition coefficient (Wildman–Crippen LogP) is 4.96. The Bertz CT molecular complexity index is 957. The molecule has 1 aromatic heterocycles. The smallest absolute Gasteiger partial charge is 0.164 e. The molecule has 2 heterocycles. The fourth-order valence-electron chi connectivity index (χ4n) is 2.79. The number of H-pyrrole nitrogens is 1. The first-order valence-corrected chi connectivity index (χ1v) is 9.08. The van der Waals surface area contributed by atoms with Crippen LogP contribution in [-0.4, -0.2) is 30.6 Å². The van der Waals surface area contributed by atoms with E-state index in [9.17, 15) is 4.39 Å². The molecule has 2 aromatic carbocycles. The maximum absolute atomic E-state index is 14.6. The number of rotatable bonds is 1. The highest BCUT2D eigenvalue weighted by atomic mass is 35.5. The van der Waals surface area contributed by atoms with Crippen LogP contribution in [-0.2, 0) is 0 Å². The molecule has 0 amide bonds. The summed E-state index contributed by atoms with van der Waals surface area (Å²) in [7, 11) is 0. The summed E-state index contributed by atoms with van der Waals surface area (Å²) in [5, 5.41) is 4.18. The second-order valence-electron chi connectivity index (χ2n) is 5.56. The van der Waals surface area contributed by atoms with Crippen molar-refractivity contribution in [3.8, 4) is 0 Å². The van der Waals surface area contributed by atoms with Gasteiger partial charge in [-0.05, 0) is 18.2 Å². The number of nitrogens with one attached hydrogen (secondary N) is 2. The number of halogens is 3. The minimum atomic E-state index is -0.309. The van der Waals surface area contributed by atoms with E-state index in [2.05, 4.69) is 9.69 Å². The van der Waals surface area contributed by atoms with Gasteiger partial charge in [0.1, 0.15) is 5.82 Å². The molecule has 0 bridgehead atoms. The molecule has 0 aliphatic carbocycles. The van der Waals surface area contributed by atoms with E-state index in [1.54, 1.807) is 18.2 Å². The van der Waals surface area contributed by atoms with Gasteiger partial charge >= 0.3 is 0 Å². The normalized spacial score (nSPS) is 15.2. The van der Waals surface area contributed by atoms with Crippen molar-refractivity contribution in [2.75, 3.05) is 31.1 Å². The number of fused-ring (bicyclic) bond motifs is 2. The van der Waals surface area contributed by atoms with Crippen LogP contribution in [0.5, 0.6) is 0 Å². The third-order valence-electron chi connectivity index (χ3n) is 3.96. The van der Waals surface area contributed by atoms with E-state index in [1.807, 2.05) is 4.90 Å². The van der Waals surface area contributed by atoms with E-state index in [0.717, 1.165) is 30.9 Å². The third-order valence-corrected chi connectivity index (χ3v) is 5.31. The number of aromatic amines is 1. The summed E-state index contributed by atoms with van der Waals surface area (Å²) < 4.78 is 24.4. The van der Waals surface area contributed by atoms with Crippen LogP contribution < -0.4 is 10.2 Å². The first-order chi connectivity index (χ1) is 11.6. The molecule has 8 heteroatoms. The lowest BCUT2D eigenvalue weighted by atomic mass is 10.2. The molecular weight excluding hydrogens is 372 g/mol. The van der Waals surface area contributed by atoms with Crippen molar-refractivity contribution in [1.82, 2.24) is 9.69 Å². The van der Waals surface area contributed by atoms with Gasteiger partial charge in [-0.15, -0.1) is 0 Å². The monoisotopic (exact) mass is 385 g/mol. The van der Waals surface area contributed by atoms with Gasteiger partial charge in [0, 0.05) is 37.3 Å². The molecule has 3 aromatic rings. The molecule has 1 saturated heterocycles. The molecule has 0 saturated carbocycles. The zero-order chi connectivity index (χ0) is 16.7. The van der Waals surface area contributed by atoms with Gasteiger partial charge < -0.3 is 19.0 Å². The Morgan fingerprint density at radius 1 is 1.12 bits per heavy atom. The van der Waals surface area contributed by atoms with Crippen molar-refractivity contribution in [3.05, 3.63) is 40.1 Å². The van der Waals surface area contributed by atoms with Crippen LogP contribution in [0.3, 0.4) is 0 Å². The Hall–Kier alpha value is -1.47. The van der Waals surface area contributed by atoms with E-state index < -0.39 is 0 Å². The molecule has 2 N–H and O–H groups in total. The fraction of sp³-hybridized carbons (Fsp3) is 0.250. The van der Waals surface area contributed by atoms with E-state index in [-0.39, 0.29) is 5.82 Å². The number of hydrogen-bond acceptors (Lipinski definition) is 4. The Morgan fingerprint density at radius 3 is 2.71 bits per heavy atom. The maximum Gasteiger partial charge on any atom is 0.164 e. The zero-order valence-corrected chi connectivity index (χ0v) is 14.9. The molecule has 126 valence electrons. The number of aromatic nitrogens is 1. The second-order valence-corrected chi connectivity index (χ2v) is 7.25. The van der Waals surface area contributed by atoms with Crippen LogP contribution in [0.4, 0.5) is 10.1 Å². The van der Waals surface area contributed by atoms with Gasteiger partial charge in [0.05, 0.1) is 20.9 Å². The molecule has 4 rings (SSSR count). The average molecular weight is 386 g/mol. The summed E-state index contributed by atoms with van der Waals surface area (Å²) in [5.74, 6) is -0.309. The van der Waals surface area contributed by atoms with Crippen LogP contribution in [0.2, 0.25) is 10.0 Å². The van der Waals surface area contributed by atoms with Crippen LogP contribution in [0, 0.1) is 5.82 Å². The third kappa shape index (κ3) is 2.95. The summed E-state index contributed by atoms with van der Waals surface area (Å²) >= 11 is 13.6. The molecule has 0 spiro atoms. The van der Waals surface area contributed by atoms with Crippen molar-refractivity contribution in [2.24, 2.45) is 0 Å². The van der Waals surface area contributed by atoms with E-state index in [0.29, 0.717) is 32.4 Å². The Kier molecular flexibility index (Phi) is 4.30. The van der Waals surface area contributed by atoms with Crippen LogP contribution >= 0.6 is 34.7 Å². The minimum Gasteiger partial charge on any atom is -0.452 e. The lowest BCUT2D eigenvalue weighted by Gasteiger charge is -2.29. The highest BCUT2D eigenvalue weighted by Gasteiger charge is 2.16.